The van der Waals surface area contributed by atoms with Gasteiger partial charge in [0.05, 0.1) is 24.5 Å². The quantitative estimate of drug-likeness (QED) is 0.802. The van der Waals surface area contributed by atoms with E-state index in [0.29, 0.717) is 24.2 Å². The van der Waals surface area contributed by atoms with Crippen molar-refractivity contribution in [3.63, 3.8) is 0 Å². The highest BCUT2D eigenvalue weighted by Crippen LogP contribution is 2.26. The molecule has 126 valence electrons. The molecule has 2 N–H and O–H groups in total. The first-order valence-electron chi connectivity index (χ1n) is 8.49. The number of nitrogens with zero attached hydrogens (tertiary/aromatic N) is 1. The SMILES string of the molecule is Cc1[nH]c2c(c1C(=O)NCCCN1CCOCC1)CCCC2=O. The number of nitrogens with one attached hydrogen (secondary N) is 2. The number of morpholine rings is 1. The third-order valence-corrected chi connectivity index (χ3v) is 4.67. The van der Waals surface area contributed by atoms with E-state index in [2.05, 4.69) is 15.2 Å². The Labute approximate surface area is 136 Å². The molecule has 0 saturated carbocycles. The fraction of sp³-hybridized carbons (Fsp3) is 0.647. The van der Waals surface area contributed by atoms with Crippen molar-refractivity contribution in [1.82, 2.24) is 15.2 Å². The lowest BCUT2D eigenvalue weighted by atomic mass is 9.93. The third-order valence-electron chi connectivity index (χ3n) is 4.67. The zero-order valence-corrected chi connectivity index (χ0v) is 13.7. The number of hydrogen-bond acceptors (Lipinski definition) is 4. The molecular formula is C17H25N3O3. The molecule has 1 aromatic heterocycles. The number of H-pyrrole nitrogens is 1. The van der Waals surface area contributed by atoms with Gasteiger partial charge in [-0.3, -0.25) is 14.5 Å². The fourth-order valence-corrected chi connectivity index (χ4v) is 3.44. The minimum absolute atomic E-state index is 0.0586. The summed E-state index contributed by atoms with van der Waals surface area (Å²) in [6.45, 7) is 7.05. The van der Waals surface area contributed by atoms with Crippen LogP contribution in [0.25, 0.3) is 0 Å². The highest BCUT2D eigenvalue weighted by molar-refractivity contribution is 6.04. The van der Waals surface area contributed by atoms with E-state index in [-0.39, 0.29) is 11.7 Å². The van der Waals surface area contributed by atoms with Crippen molar-refractivity contribution >= 4 is 11.7 Å². The Balaban J connectivity index is 1.53. The van der Waals surface area contributed by atoms with Gasteiger partial charge >= 0.3 is 0 Å². The molecule has 1 fully saturated rings. The monoisotopic (exact) mass is 319 g/mol. The molecule has 0 unspecified atom stereocenters. The summed E-state index contributed by atoms with van der Waals surface area (Å²) in [6, 6.07) is 0. The number of rotatable bonds is 5. The van der Waals surface area contributed by atoms with Crippen LogP contribution in [-0.2, 0) is 11.2 Å². The normalized spacial score (nSPS) is 18.7. The van der Waals surface area contributed by atoms with Crippen LogP contribution in [0.1, 0.15) is 51.4 Å². The maximum Gasteiger partial charge on any atom is 0.253 e. The second kappa shape index (κ2) is 7.27. The largest absolute Gasteiger partial charge is 0.379 e. The Hall–Kier alpha value is -1.66. The molecule has 2 aliphatic rings. The number of ketones is 1. The van der Waals surface area contributed by atoms with E-state index in [9.17, 15) is 9.59 Å². The maximum atomic E-state index is 12.5. The molecule has 1 aliphatic heterocycles. The Bertz CT molecular complexity index is 588. The Morgan fingerprint density at radius 1 is 1.30 bits per heavy atom. The summed E-state index contributed by atoms with van der Waals surface area (Å²) in [5.74, 6) is 0.0670. The number of aromatic nitrogens is 1. The van der Waals surface area contributed by atoms with Crippen LogP contribution in [0.4, 0.5) is 0 Å². The van der Waals surface area contributed by atoms with Gasteiger partial charge in [-0.25, -0.2) is 0 Å². The van der Waals surface area contributed by atoms with Crippen molar-refractivity contribution in [1.29, 1.82) is 0 Å². The molecule has 0 bridgehead atoms. The predicted molar refractivity (Wildman–Crippen MR) is 87.0 cm³/mol. The van der Waals surface area contributed by atoms with Gasteiger partial charge in [0.15, 0.2) is 5.78 Å². The average molecular weight is 319 g/mol. The highest BCUT2D eigenvalue weighted by atomic mass is 16.5. The van der Waals surface area contributed by atoms with E-state index in [1.807, 2.05) is 6.92 Å². The van der Waals surface area contributed by atoms with Crippen molar-refractivity contribution < 1.29 is 14.3 Å². The van der Waals surface area contributed by atoms with E-state index in [1.54, 1.807) is 0 Å². The Morgan fingerprint density at radius 2 is 2.09 bits per heavy atom. The minimum atomic E-state index is -0.0586. The van der Waals surface area contributed by atoms with Gasteiger partial charge in [0.2, 0.25) is 0 Å². The van der Waals surface area contributed by atoms with E-state index < -0.39 is 0 Å². The zero-order valence-electron chi connectivity index (χ0n) is 13.7. The molecule has 1 amide bonds. The molecular weight excluding hydrogens is 294 g/mol. The Morgan fingerprint density at radius 3 is 2.87 bits per heavy atom. The first-order valence-corrected chi connectivity index (χ1v) is 8.49. The van der Waals surface area contributed by atoms with Crippen LogP contribution in [0, 0.1) is 6.92 Å². The van der Waals surface area contributed by atoms with Crippen LogP contribution < -0.4 is 5.32 Å². The zero-order chi connectivity index (χ0) is 16.2. The number of carbonyl (C=O) groups is 2. The van der Waals surface area contributed by atoms with E-state index in [0.717, 1.165) is 63.4 Å². The van der Waals surface area contributed by atoms with Crippen molar-refractivity contribution in [2.45, 2.75) is 32.6 Å². The number of amides is 1. The van der Waals surface area contributed by atoms with Crippen molar-refractivity contribution in [2.75, 3.05) is 39.4 Å². The summed E-state index contributed by atoms with van der Waals surface area (Å²) < 4.78 is 5.33. The van der Waals surface area contributed by atoms with Gasteiger partial charge in [0.25, 0.3) is 5.91 Å². The number of aryl methyl sites for hydroxylation is 1. The summed E-state index contributed by atoms with van der Waals surface area (Å²) in [7, 11) is 0. The van der Waals surface area contributed by atoms with Gasteiger partial charge < -0.3 is 15.0 Å². The van der Waals surface area contributed by atoms with Crippen molar-refractivity contribution in [2.24, 2.45) is 0 Å². The van der Waals surface area contributed by atoms with Crippen LogP contribution in [0.3, 0.4) is 0 Å². The molecule has 0 atom stereocenters. The standard InChI is InChI=1S/C17H25N3O3/c1-12-15(13-4-2-5-14(21)16(13)19-12)17(22)18-6-3-7-20-8-10-23-11-9-20/h19H,2-11H2,1H3,(H,18,22). The van der Waals surface area contributed by atoms with Crippen molar-refractivity contribution in [3.05, 3.63) is 22.5 Å². The predicted octanol–water partition coefficient (Wildman–Crippen LogP) is 1.29. The molecule has 0 aromatic carbocycles. The average Bonchev–Trinajstić information content (AvgIpc) is 2.90. The third kappa shape index (κ3) is 3.64. The molecule has 1 aromatic rings. The molecule has 0 spiro atoms. The number of hydrogen-bond donors (Lipinski definition) is 2. The number of aromatic amines is 1. The van der Waals surface area contributed by atoms with Crippen LogP contribution in [0.5, 0.6) is 0 Å². The highest BCUT2D eigenvalue weighted by Gasteiger charge is 2.27. The number of fused-ring (bicyclic) bond motifs is 1. The molecule has 23 heavy (non-hydrogen) atoms. The van der Waals surface area contributed by atoms with Gasteiger partial charge in [-0.05, 0) is 38.3 Å². The smallest absolute Gasteiger partial charge is 0.253 e. The topological polar surface area (TPSA) is 74.4 Å². The van der Waals surface area contributed by atoms with Gasteiger partial charge in [0, 0.05) is 31.7 Å². The summed E-state index contributed by atoms with van der Waals surface area (Å²) in [6.07, 6.45) is 3.15. The van der Waals surface area contributed by atoms with E-state index in [1.165, 1.54) is 0 Å². The molecule has 3 rings (SSSR count). The van der Waals surface area contributed by atoms with Crippen LogP contribution in [-0.4, -0.2) is 61.0 Å². The lowest BCUT2D eigenvalue weighted by molar-refractivity contribution is 0.0374. The summed E-state index contributed by atoms with van der Waals surface area (Å²) >= 11 is 0. The first kappa shape index (κ1) is 16.2. The summed E-state index contributed by atoms with van der Waals surface area (Å²) in [4.78, 5) is 29.9. The van der Waals surface area contributed by atoms with Gasteiger partial charge in [-0.2, -0.15) is 0 Å². The van der Waals surface area contributed by atoms with E-state index in [4.69, 9.17) is 4.74 Å². The lowest BCUT2D eigenvalue weighted by Crippen LogP contribution is -2.38. The number of Topliss-reactive ketones (excluding diaryl/α,β-unsaturated/α-hetero) is 1. The lowest BCUT2D eigenvalue weighted by Gasteiger charge is -2.26. The fourth-order valence-electron chi connectivity index (χ4n) is 3.44. The van der Waals surface area contributed by atoms with Crippen LogP contribution >= 0.6 is 0 Å². The van der Waals surface area contributed by atoms with Crippen LogP contribution in [0.15, 0.2) is 0 Å². The molecule has 1 saturated heterocycles. The first-order chi connectivity index (χ1) is 11.2. The maximum absolute atomic E-state index is 12.5. The summed E-state index contributed by atoms with van der Waals surface area (Å²) in [5, 5.41) is 3.00. The van der Waals surface area contributed by atoms with Crippen molar-refractivity contribution in [3.8, 4) is 0 Å². The Kier molecular flexibility index (Phi) is 5.13. The van der Waals surface area contributed by atoms with Gasteiger partial charge in [-0.15, -0.1) is 0 Å². The second-order valence-electron chi connectivity index (χ2n) is 6.32. The molecule has 2 heterocycles. The number of ether oxygens (including phenoxy) is 1. The molecule has 6 heteroatoms. The number of carbonyl (C=O) groups excluding carboxylic acids is 2. The van der Waals surface area contributed by atoms with Crippen LogP contribution in [0.2, 0.25) is 0 Å². The van der Waals surface area contributed by atoms with E-state index >= 15 is 0 Å². The summed E-state index contributed by atoms with van der Waals surface area (Å²) in [5.41, 5.74) is 3.03. The molecule has 0 radical (unpaired) electrons. The van der Waals surface area contributed by atoms with Gasteiger partial charge in [-0.1, -0.05) is 0 Å². The minimum Gasteiger partial charge on any atom is -0.379 e. The van der Waals surface area contributed by atoms with Gasteiger partial charge in [0.1, 0.15) is 0 Å². The molecule has 6 nitrogen and oxygen atoms in total. The second-order valence-corrected chi connectivity index (χ2v) is 6.32. The molecule has 1 aliphatic carbocycles.